The number of likely N-dealkylation sites (N-methyl/N-ethyl adjacent to an activating group) is 1. The van der Waals surface area contributed by atoms with Gasteiger partial charge in [0.05, 0.1) is 0 Å². The van der Waals surface area contributed by atoms with Gasteiger partial charge in [0, 0.05) is 36.9 Å². The Kier molecular flexibility index (Phi) is 2.64. The molecule has 4 rings (SSSR count). The topological polar surface area (TPSA) is 7.65 Å². The highest BCUT2D eigenvalue weighted by Gasteiger charge is 2.25. The molecule has 0 saturated heterocycles. The van der Waals surface area contributed by atoms with E-state index in [0.29, 0.717) is 5.92 Å². The first-order valence-corrected chi connectivity index (χ1v) is 7.14. The van der Waals surface area contributed by atoms with Gasteiger partial charge >= 0.3 is 0 Å². The van der Waals surface area contributed by atoms with Crippen LogP contribution in [0.1, 0.15) is 22.6 Å². The molecule has 1 unspecified atom stereocenters. The molecule has 1 aliphatic heterocycles. The number of rotatable bonds is 1. The van der Waals surface area contributed by atoms with Gasteiger partial charge in [-0.25, -0.2) is 0 Å². The molecular formula is C18H18N2. The molecule has 3 aromatic rings. The monoisotopic (exact) mass is 262 g/mol. The lowest BCUT2D eigenvalue weighted by Gasteiger charge is -2.32. The number of hydrogen-bond donors (Lipinski definition) is 0. The molecule has 2 nitrogen and oxygen atoms in total. The minimum absolute atomic E-state index is 0.477. The molecule has 100 valence electrons. The van der Waals surface area contributed by atoms with Gasteiger partial charge < -0.3 is 9.30 Å². The van der Waals surface area contributed by atoms with Gasteiger partial charge in [-0.05, 0) is 41.9 Å². The van der Waals surface area contributed by atoms with E-state index in [1.165, 1.54) is 22.2 Å². The highest BCUT2D eigenvalue weighted by Crippen LogP contribution is 2.33. The normalized spacial score (nSPS) is 19.1. The van der Waals surface area contributed by atoms with Crippen molar-refractivity contribution in [1.29, 1.82) is 0 Å². The van der Waals surface area contributed by atoms with Crippen molar-refractivity contribution in [2.24, 2.45) is 0 Å². The summed E-state index contributed by atoms with van der Waals surface area (Å²) in [6.45, 7) is 2.15. The lowest BCUT2D eigenvalue weighted by Crippen LogP contribution is -2.30. The first kappa shape index (κ1) is 11.7. The fourth-order valence-corrected chi connectivity index (χ4v) is 3.34. The van der Waals surface area contributed by atoms with Gasteiger partial charge in [0.25, 0.3) is 0 Å². The van der Waals surface area contributed by atoms with E-state index in [1.807, 2.05) is 0 Å². The van der Waals surface area contributed by atoms with Crippen LogP contribution < -0.4 is 0 Å². The molecule has 20 heavy (non-hydrogen) atoms. The lowest BCUT2D eigenvalue weighted by molar-refractivity contribution is 0.295. The van der Waals surface area contributed by atoms with Gasteiger partial charge in [-0.15, -0.1) is 0 Å². The summed E-state index contributed by atoms with van der Waals surface area (Å²) in [7, 11) is 2.21. The van der Waals surface area contributed by atoms with Gasteiger partial charge in [-0.3, -0.25) is 0 Å². The third kappa shape index (κ3) is 1.84. The van der Waals surface area contributed by atoms with Crippen molar-refractivity contribution < 1.29 is 0 Å². The van der Waals surface area contributed by atoms with Crippen molar-refractivity contribution in [1.82, 2.24) is 9.30 Å². The molecule has 1 aromatic carbocycles. The van der Waals surface area contributed by atoms with Crippen molar-refractivity contribution in [3.8, 4) is 0 Å². The first-order valence-electron chi connectivity index (χ1n) is 7.14. The molecule has 1 atom stereocenters. The maximum atomic E-state index is 2.41. The molecule has 0 fully saturated rings. The van der Waals surface area contributed by atoms with E-state index in [0.717, 1.165) is 13.1 Å². The van der Waals surface area contributed by atoms with E-state index in [2.05, 4.69) is 77.3 Å². The number of hydrogen-bond acceptors (Lipinski definition) is 1. The van der Waals surface area contributed by atoms with Crippen LogP contribution in [0.4, 0.5) is 0 Å². The predicted molar refractivity (Wildman–Crippen MR) is 82.0 cm³/mol. The highest BCUT2D eigenvalue weighted by molar-refractivity contribution is 5.53. The number of fused-ring (bicyclic) bond motifs is 2. The Morgan fingerprint density at radius 3 is 2.80 bits per heavy atom. The smallest absolute Gasteiger partial charge is 0.0452 e. The molecule has 0 amide bonds. The molecular weight excluding hydrogens is 244 g/mol. The summed E-state index contributed by atoms with van der Waals surface area (Å²) >= 11 is 0. The van der Waals surface area contributed by atoms with Crippen LogP contribution in [-0.2, 0) is 6.54 Å². The standard InChI is InChI=1S/C18H18N2/c1-19-11-14-6-2-3-8-17(14)18(13-19)15-10-16-7-4-5-9-20(16)12-15/h2-10,12,18H,11,13H2,1H3. The van der Waals surface area contributed by atoms with E-state index in [-0.39, 0.29) is 0 Å². The molecule has 0 bridgehead atoms. The van der Waals surface area contributed by atoms with E-state index in [9.17, 15) is 0 Å². The number of aromatic nitrogens is 1. The largest absolute Gasteiger partial charge is 0.324 e. The molecule has 0 aliphatic carbocycles. The van der Waals surface area contributed by atoms with Crippen LogP contribution in [0.2, 0.25) is 0 Å². The quantitative estimate of drug-likeness (QED) is 0.651. The predicted octanol–water partition coefficient (Wildman–Crippen LogP) is 3.52. The van der Waals surface area contributed by atoms with Crippen LogP contribution in [0.15, 0.2) is 60.9 Å². The van der Waals surface area contributed by atoms with Crippen LogP contribution in [-0.4, -0.2) is 22.9 Å². The van der Waals surface area contributed by atoms with Crippen LogP contribution in [0, 0.1) is 0 Å². The third-order valence-electron chi connectivity index (χ3n) is 4.29. The Hall–Kier alpha value is -2.06. The zero-order valence-corrected chi connectivity index (χ0v) is 11.7. The van der Waals surface area contributed by atoms with Gasteiger partial charge in [-0.1, -0.05) is 30.3 Å². The van der Waals surface area contributed by atoms with Gasteiger partial charge in [0.1, 0.15) is 0 Å². The van der Waals surface area contributed by atoms with Crippen LogP contribution in [0.25, 0.3) is 5.52 Å². The minimum Gasteiger partial charge on any atom is -0.324 e. The van der Waals surface area contributed by atoms with Crippen LogP contribution in [0.3, 0.4) is 0 Å². The second kappa shape index (κ2) is 4.50. The fraction of sp³-hybridized carbons (Fsp3) is 0.222. The number of benzene rings is 1. The highest BCUT2D eigenvalue weighted by atomic mass is 15.1. The average Bonchev–Trinajstić information content (AvgIpc) is 2.90. The zero-order chi connectivity index (χ0) is 13.5. The zero-order valence-electron chi connectivity index (χ0n) is 11.7. The molecule has 0 N–H and O–H groups in total. The van der Waals surface area contributed by atoms with E-state index >= 15 is 0 Å². The summed E-state index contributed by atoms with van der Waals surface area (Å²) in [5.74, 6) is 0.477. The summed E-state index contributed by atoms with van der Waals surface area (Å²) in [6, 6.07) is 17.5. The Morgan fingerprint density at radius 1 is 1.05 bits per heavy atom. The average molecular weight is 262 g/mol. The maximum absolute atomic E-state index is 2.41. The summed E-state index contributed by atoms with van der Waals surface area (Å²) < 4.78 is 2.21. The molecule has 1 aliphatic rings. The van der Waals surface area contributed by atoms with Crippen molar-refractivity contribution in [3.05, 3.63) is 77.6 Å². The maximum Gasteiger partial charge on any atom is 0.0452 e. The van der Waals surface area contributed by atoms with Crippen LogP contribution in [0.5, 0.6) is 0 Å². The third-order valence-corrected chi connectivity index (χ3v) is 4.29. The van der Waals surface area contributed by atoms with Crippen molar-refractivity contribution >= 4 is 5.52 Å². The first-order chi connectivity index (χ1) is 9.81. The summed E-state index contributed by atoms with van der Waals surface area (Å²) in [6.07, 6.45) is 4.40. The SMILES string of the molecule is CN1Cc2ccccc2C(c2cc3ccccn3c2)C1. The van der Waals surface area contributed by atoms with Crippen molar-refractivity contribution in [2.45, 2.75) is 12.5 Å². The Morgan fingerprint density at radius 2 is 1.90 bits per heavy atom. The Labute approximate surface area is 119 Å². The summed E-state index contributed by atoms with van der Waals surface area (Å²) in [4.78, 5) is 2.41. The minimum atomic E-state index is 0.477. The van der Waals surface area contributed by atoms with E-state index in [1.54, 1.807) is 0 Å². The molecule has 0 saturated carbocycles. The molecule has 3 heterocycles. The molecule has 0 spiro atoms. The fourth-order valence-electron chi connectivity index (χ4n) is 3.34. The van der Waals surface area contributed by atoms with E-state index < -0.39 is 0 Å². The molecule has 2 aromatic heterocycles. The summed E-state index contributed by atoms with van der Waals surface area (Å²) in [5.41, 5.74) is 5.63. The van der Waals surface area contributed by atoms with Gasteiger partial charge in [0.2, 0.25) is 0 Å². The summed E-state index contributed by atoms with van der Waals surface area (Å²) in [5, 5.41) is 0. The van der Waals surface area contributed by atoms with Crippen molar-refractivity contribution in [3.63, 3.8) is 0 Å². The number of nitrogens with zero attached hydrogens (tertiary/aromatic N) is 2. The van der Waals surface area contributed by atoms with Gasteiger partial charge in [0.15, 0.2) is 0 Å². The van der Waals surface area contributed by atoms with Gasteiger partial charge in [-0.2, -0.15) is 0 Å². The molecule has 0 radical (unpaired) electrons. The lowest BCUT2D eigenvalue weighted by atomic mass is 9.86. The second-order valence-electron chi connectivity index (χ2n) is 5.75. The Bertz CT molecular complexity index is 724. The number of pyridine rings is 1. The van der Waals surface area contributed by atoms with E-state index in [4.69, 9.17) is 0 Å². The Balaban J connectivity index is 1.85. The van der Waals surface area contributed by atoms with Crippen LogP contribution >= 0.6 is 0 Å². The second-order valence-corrected chi connectivity index (χ2v) is 5.75. The molecule has 2 heteroatoms. The van der Waals surface area contributed by atoms with Crippen molar-refractivity contribution in [2.75, 3.05) is 13.6 Å².